The van der Waals surface area contributed by atoms with Gasteiger partial charge in [-0.3, -0.25) is 9.69 Å². The molecule has 0 unspecified atom stereocenters. The van der Waals surface area contributed by atoms with E-state index in [1.54, 1.807) is 7.05 Å². The molecule has 4 nitrogen and oxygen atoms in total. The van der Waals surface area contributed by atoms with Crippen LogP contribution in [-0.4, -0.2) is 22.9 Å². The van der Waals surface area contributed by atoms with Gasteiger partial charge in [-0.05, 0) is 13.8 Å². The van der Waals surface area contributed by atoms with Crippen molar-refractivity contribution in [3.63, 3.8) is 0 Å². The predicted molar refractivity (Wildman–Crippen MR) is 53.5 cm³/mol. The summed E-state index contributed by atoms with van der Waals surface area (Å²) < 4.78 is 0. The molecule has 0 saturated heterocycles. The number of anilines is 1. The van der Waals surface area contributed by atoms with E-state index >= 15 is 0 Å². The van der Waals surface area contributed by atoms with E-state index in [0.717, 1.165) is 0 Å². The molecular formula is C9H10ClN3O. The molecule has 5 heteroatoms. The van der Waals surface area contributed by atoms with E-state index in [0.29, 0.717) is 16.5 Å². The van der Waals surface area contributed by atoms with Crippen molar-refractivity contribution in [3.8, 4) is 0 Å². The average Bonchev–Trinajstić information content (AvgIpc) is 2.29. The van der Waals surface area contributed by atoms with Crippen molar-refractivity contribution in [3.05, 3.63) is 17.0 Å². The number of carbonyl (C=O) groups excluding carboxylic acids is 1. The Morgan fingerprint density at radius 3 is 2.64 bits per heavy atom. The molecule has 0 bridgehead atoms. The minimum atomic E-state index is -0.623. The van der Waals surface area contributed by atoms with Crippen molar-refractivity contribution in [1.82, 2.24) is 9.97 Å². The van der Waals surface area contributed by atoms with Gasteiger partial charge in [0.1, 0.15) is 17.3 Å². The largest absolute Gasteiger partial charge is 0.299 e. The standard InChI is InChI=1S/C9H10ClN3O/c1-9(2)5-6(10)11-4-12-7(5)13(3)8(9)14/h4H,1-3H3. The molecular weight excluding hydrogens is 202 g/mol. The van der Waals surface area contributed by atoms with E-state index in [4.69, 9.17) is 11.6 Å². The molecule has 0 atom stereocenters. The highest BCUT2D eigenvalue weighted by atomic mass is 35.5. The number of hydrogen-bond donors (Lipinski definition) is 0. The summed E-state index contributed by atoms with van der Waals surface area (Å²) >= 11 is 5.95. The van der Waals surface area contributed by atoms with Crippen LogP contribution in [0.25, 0.3) is 0 Å². The third-order valence-electron chi connectivity index (χ3n) is 2.56. The van der Waals surface area contributed by atoms with E-state index in [1.807, 2.05) is 13.8 Å². The zero-order chi connectivity index (χ0) is 10.5. The number of likely N-dealkylation sites (N-methyl/N-ethyl adjacent to an activating group) is 1. The maximum Gasteiger partial charge on any atom is 0.238 e. The van der Waals surface area contributed by atoms with Crippen molar-refractivity contribution < 1.29 is 4.79 Å². The van der Waals surface area contributed by atoms with Gasteiger partial charge in [-0.1, -0.05) is 11.6 Å². The molecule has 0 saturated carbocycles. The van der Waals surface area contributed by atoms with Gasteiger partial charge in [0, 0.05) is 12.6 Å². The second-order valence-corrected chi connectivity index (χ2v) is 4.21. The molecule has 1 aliphatic rings. The Kier molecular flexibility index (Phi) is 1.79. The molecule has 0 N–H and O–H groups in total. The van der Waals surface area contributed by atoms with E-state index in [2.05, 4.69) is 9.97 Å². The lowest BCUT2D eigenvalue weighted by Gasteiger charge is -2.16. The minimum absolute atomic E-state index is 0.00472. The van der Waals surface area contributed by atoms with Gasteiger partial charge >= 0.3 is 0 Å². The number of nitrogens with zero attached hydrogens (tertiary/aromatic N) is 3. The fourth-order valence-corrected chi connectivity index (χ4v) is 2.13. The lowest BCUT2D eigenvalue weighted by Crippen LogP contribution is -2.33. The molecule has 1 amide bonds. The van der Waals surface area contributed by atoms with Crippen LogP contribution in [0.5, 0.6) is 0 Å². The maximum absolute atomic E-state index is 11.8. The zero-order valence-electron chi connectivity index (χ0n) is 8.21. The highest BCUT2D eigenvalue weighted by molar-refractivity contribution is 6.31. The lowest BCUT2D eigenvalue weighted by atomic mass is 9.88. The molecule has 1 aromatic heterocycles. The first-order valence-corrected chi connectivity index (χ1v) is 4.63. The Labute approximate surface area is 86.9 Å². The van der Waals surface area contributed by atoms with Crippen molar-refractivity contribution in [2.24, 2.45) is 0 Å². The first-order valence-electron chi connectivity index (χ1n) is 4.25. The van der Waals surface area contributed by atoms with Gasteiger partial charge in [0.15, 0.2) is 0 Å². The Hall–Kier alpha value is -1.16. The number of aromatic nitrogens is 2. The van der Waals surface area contributed by atoms with Gasteiger partial charge in [-0.25, -0.2) is 9.97 Å². The number of fused-ring (bicyclic) bond motifs is 1. The topological polar surface area (TPSA) is 46.1 Å². The highest BCUT2D eigenvalue weighted by Gasteiger charge is 2.45. The van der Waals surface area contributed by atoms with Crippen LogP contribution in [0.4, 0.5) is 5.82 Å². The van der Waals surface area contributed by atoms with Crippen LogP contribution in [0, 0.1) is 0 Å². The van der Waals surface area contributed by atoms with Crippen LogP contribution >= 0.6 is 11.6 Å². The summed E-state index contributed by atoms with van der Waals surface area (Å²) in [7, 11) is 1.69. The molecule has 14 heavy (non-hydrogen) atoms. The summed E-state index contributed by atoms with van der Waals surface area (Å²) in [6, 6.07) is 0. The summed E-state index contributed by atoms with van der Waals surface area (Å²) in [5.74, 6) is 0.606. The normalized spacial score (nSPS) is 18.6. The van der Waals surface area contributed by atoms with Gasteiger partial charge in [0.05, 0.1) is 5.41 Å². The molecule has 1 aromatic rings. The smallest absolute Gasteiger partial charge is 0.238 e. The van der Waals surface area contributed by atoms with Crippen molar-refractivity contribution in [2.45, 2.75) is 19.3 Å². The lowest BCUT2D eigenvalue weighted by molar-refractivity contribution is -0.121. The van der Waals surface area contributed by atoms with Crippen molar-refractivity contribution in [2.75, 3.05) is 11.9 Å². The van der Waals surface area contributed by atoms with Crippen LogP contribution in [0.3, 0.4) is 0 Å². The molecule has 2 heterocycles. The zero-order valence-corrected chi connectivity index (χ0v) is 8.96. The van der Waals surface area contributed by atoms with Crippen LogP contribution in [-0.2, 0) is 10.2 Å². The molecule has 0 radical (unpaired) electrons. The first kappa shape index (κ1) is 9.40. The second-order valence-electron chi connectivity index (χ2n) is 3.85. The fraction of sp³-hybridized carbons (Fsp3) is 0.444. The Balaban J connectivity index is 2.75. The van der Waals surface area contributed by atoms with Gasteiger partial charge in [0.2, 0.25) is 5.91 Å². The van der Waals surface area contributed by atoms with Crippen LogP contribution < -0.4 is 4.90 Å². The third kappa shape index (κ3) is 0.973. The summed E-state index contributed by atoms with van der Waals surface area (Å²) in [6.07, 6.45) is 1.37. The summed E-state index contributed by atoms with van der Waals surface area (Å²) in [5, 5.41) is 0.359. The van der Waals surface area contributed by atoms with E-state index < -0.39 is 5.41 Å². The fourth-order valence-electron chi connectivity index (χ4n) is 1.77. The number of amides is 1. The first-order chi connectivity index (χ1) is 6.46. The van der Waals surface area contributed by atoms with E-state index in [1.165, 1.54) is 11.2 Å². The van der Waals surface area contributed by atoms with Crippen LogP contribution in [0.2, 0.25) is 5.15 Å². The minimum Gasteiger partial charge on any atom is -0.299 e. The quantitative estimate of drug-likeness (QED) is 0.610. The maximum atomic E-state index is 11.8. The van der Waals surface area contributed by atoms with Gasteiger partial charge < -0.3 is 0 Å². The van der Waals surface area contributed by atoms with Crippen molar-refractivity contribution in [1.29, 1.82) is 0 Å². The molecule has 1 aliphatic heterocycles. The van der Waals surface area contributed by atoms with Crippen LogP contribution in [0.15, 0.2) is 6.33 Å². The molecule has 74 valence electrons. The SMILES string of the molecule is CN1C(=O)C(C)(C)c2c(Cl)ncnc21. The molecule has 2 rings (SSSR count). The third-order valence-corrected chi connectivity index (χ3v) is 2.85. The average molecular weight is 212 g/mol. The number of rotatable bonds is 0. The van der Waals surface area contributed by atoms with Crippen LogP contribution in [0.1, 0.15) is 19.4 Å². The molecule has 0 aromatic carbocycles. The summed E-state index contributed by atoms with van der Waals surface area (Å²) in [4.78, 5) is 21.3. The van der Waals surface area contributed by atoms with Crippen molar-refractivity contribution >= 4 is 23.3 Å². The Morgan fingerprint density at radius 1 is 1.43 bits per heavy atom. The number of hydrogen-bond acceptors (Lipinski definition) is 3. The Morgan fingerprint density at radius 2 is 2.07 bits per heavy atom. The monoisotopic (exact) mass is 211 g/mol. The second kappa shape index (κ2) is 2.67. The van der Waals surface area contributed by atoms with E-state index in [-0.39, 0.29) is 5.91 Å². The summed E-state index contributed by atoms with van der Waals surface area (Å²) in [5.41, 5.74) is 0.0942. The predicted octanol–water partition coefficient (Wildman–Crippen LogP) is 1.38. The highest BCUT2D eigenvalue weighted by Crippen LogP contribution is 2.41. The van der Waals surface area contributed by atoms with Gasteiger partial charge in [0.25, 0.3) is 0 Å². The van der Waals surface area contributed by atoms with Gasteiger partial charge in [-0.2, -0.15) is 0 Å². The molecule has 0 fully saturated rings. The Bertz CT molecular complexity index is 417. The van der Waals surface area contributed by atoms with Gasteiger partial charge in [-0.15, -0.1) is 0 Å². The summed E-state index contributed by atoms with van der Waals surface area (Å²) in [6.45, 7) is 3.65. The molecule has 0 spiro atoms. The van der Waals surface area contributed by atoms with E-state index in [9.17, 15) is 4.79 Å². The molecule has 0 aliphatic carbocycles. The number of halogens is 1. The number of carbonyl (C=O) groups is 1.